The molecule has 7 heteroatoms. The maximum atomic E-state index is 12.9. The fourth-order valence-electron chi connectivity index (χ4n) is 4.14. The molecule has 1 aliphatic rings. The molecule has 2 heterocycles. The summed E-state index contributed by atoms with van der Waals surface area (Å²) < 4.78 is 7.29. The Morgan fingerprint density at radius 1 is 1.12 bits per heavy atom. The van der Waals surface area contributed by atoms with Crippen molar-refractivity contribution in [3.8, 4) is 17.0 Å². The van der Waals surface area contributed by atoms with Crippen LogP contribution in [0.1, 0.15) is 56.8 Å². The Balaban J connectivity index is 1.67. The van der Waals surface area contributed by atoms with Gasteiger partial charge in [0.15, 0.2) is 0 Å². The summed E-state index contributed by atoms with van der Waals surface area (Å²) in [5.74, 6) is 1.63. The van der Waals surface area contributed by atoms with E-state index in [0.29, 0.717) is 5.56 Å². The number of benzene rings is 1. The van der Waals surface area contributed by atoms with Gasteiger partial charge in [0.1, 0.15) is 22.9 Å². The molecule has 1 aliphatic carbocycles. The predicted molar refractivity (Wildman–Crippen MR) is 128 cm³/mol. The van der Waals surface area contributed by atoms with Crippen molar-refractivity contribution in [1.82, 2.24) is 14.7 Å². The Morgan fingerprint density at radius 2 is 1.81 bits per heavy atom. The number of aromatic nitrogens is 2. The number of nitrogens with zero attached hydrogens (tertiary/aromatic N) is 2. The van der Waals surface area contributed by atoms with Crippen LogP contribution in [0, 0.1) is 0 Å². The molecule has 1 saturated carbocycles. The summed E-state index contributed by atoms with van der Waals surface area (Å²) in [7, 11) is 1.65. The summed E-state index contributed by atoms with van der Waals surface area (Å²) in [6, 6.07) is 12.0. The zero-order valence-corrected chi connectivity index (χ0v) is 19.3. The number of pyridine rings is 1. The number of hydrogen-bond donors (Lipinski definition) is 3. The summed E-state index contributed by atoms with van der Waals surface area (Å²) in [4.78, 5) is 17.8. The lowest BCUT2D eigenvalue weighted by Gasteiger charge is -2.26. The largest absolute Gasteiger partial charge is 0.497 e. The number of hydrogen-bond acceptors (Lipinski definition) is 5. The molecule has 0 unspecified atom stereocenters. The average molecular weight is 436 g/mol. The van der Waals surface area contributed by atoms with E-state index in [4.69, 9.17) is 15.5 Å². The fourth-order valence-corrected chi connectivity index (χ4v) is 4.14. The highest BCUT2D eigenvalue weighted by Gasteiger charge is 2.23. The minimum atomic E-state index is -0.158. The molecule has 4 rings (SSSR count). The number of anilines is 1. The highest BCUT2D eigenvalue weighted by Crippen LogP contribution is 2.32. The molecule has 4 N–H and O–H groups in total. The number of methoxy groups -OCH3 is 1. The Kier molecular flexibility index (Phi) is 6.11. The molecule has 1 aromatic carbocycles. The van der Waals surface area contributed by atoms with Crippen LogP contribution in [0.3, 0.4) is 0 Å². The molecule has 0 radical (unpaired) electrons. The number of ether oxygens (including phenoxy) is 1. The van der Waals surface area contributed by atoms with Crippen LogP contribution in [0.5, 0.6) is 5.75 Å². The zero-order chi connectivity index (χ0) is 22.9. The number of carbonyl (C=O) groups excluding carboxylic acids is 1. The van der Waals surface area contributed by atoms with E-state index in [2.05, 4.69) is 31.4 Å². The molecule has 0 atom stereocenters. The summed E-state index contributed by atoms with van der Waals surface area (Å²) in [5, 5.41) is 6.74. The molecule has 1 fully saturated rings. The molecule has 32 heavy (non-hydrogen) atoms. The zero-order valence-electron chi connectivity index (χ0n) is 19.3. The number of nitrogens with two attached hydrogens (primary N) is 1. The second kappa shape index (κ2) is 8.82. The number of nitrogens with one attached hydrogen (secondary N) is 2. The Hall–Kier alpha value is -3.06. The lowest BCUT2D eigenvalue weighted by molar-refractivity contribution is 0.0926. The smallest absolute Gasteiger partial charge is 0.251 e. The number of fused-ring (bicyclic) bond motifs is 1. The van der Waals surface area contributed by atoms with Gasteiger partial charge in [-0.15, -0.1) is 0 Å². The highest BCUT2D eigenvalue weighted by molar-refractivity contribution is 5.95. The van der Waals surface area contributed by atoms with Crippen LogP contribution in [0.15, 0.2) is 42.6 Å². The molecule has 0 aliphatic heterocycles. The number of imidazole rings is 1. The number of rotatable bonds is 5. The fraction of sp³-hybridized carbons (Fsp3) is 0.440. The van der Waals surface area contributed by atoms with Crippen molar-refractivity contribution in [3.05, 3.63) is 48.2 Å². The topological polar surface area (TPSA) is 93.7 Å². The van der Waals surface area contributed by atoms with Gasteiger partial charge >= 0.3 is 0 Å². The van der Waals surface area contributed by atoms with Gasteiger partial charge in [0.25, 0.3) is 5.91 Å². The van der Waals surface area contributed by atoms with Gasteiger partial charge < -0.3 is 21.1 Å². The Morgan fingerprint density at radius 3 is 2.44 bits per heavy atom. The van der Waals surface area contributed by atoms with Crippen LogP contribution in [0.25, 0.3) is 16.9 Å². The monoisotopic (exact) mass is 435 g/mol. The van der Waals surface area contributed by atoms with Gasteiger partial charge in [-0.05, 0) is 82.9 Å². The number of amides is 1. The predicted octanol–water partition coefficient (Wildman–Crippen LogP) is 4.22. The maximum absolute atomic E-state index is 12.9. The first-order valence-electron chi connectivity index (χ1n) is 11.2. The van der Waals surface area contributed by atoms with E-state index in [1.165, 1.54) is 0 Å². The van der Waals surface area contributed by atoms with E-state index < -0.39 is 0 Å². The molecule has 7 nitrogen and oxygen atoms in total. The maximum Gasteiger partial charge on any atom is 0.251 e. The van der Waals surface area contributed by atoms with Crippen LogP contribution in [0.4, 0.5) is 5.82 Å². The molecule has 1 amide bonds. The molecular formula is C25H33N5O2. The van der Waals surface area contributed by atoms with Crippen LogP contribution in [-0.2, 0) is 0 Å². The Bertz CT molecular complexity index is 1090. The average Bonchev–Trinajstić information content (AvgIpc) is 3.11. The summed E-state index contributed by atoms with van der Waals surface area (Å²) >= 11 is 0. The van der Waals surface area contributed by atoms with Crippen LogP contribution in [-0.4, -0.2) is 40.0 Å². The van der Waals surface area contributed by atoms with Crippen molar-refractivity contribution in [2.45, 2.75) is 64.1 Å². The first kappa shape index (κ1) is 22.1. The summed E-state index contributed by atoms with van der Waals surface area (Å²) in [6.45, 7) is 6.34. The first-order valence-corrected chi connectivity index (χ1v) is 11.2. The van der Waals surface area contributed by atoms with Gasteiger partial charge in [-0.3, -0.25) is 9.20 Å². The third kappa shape index (κ3) is 4.88. The molecule has 170 valence electrons. The summed E-state index contributed by atoms with van der Waals surface area (Å²) in [6.07, 6.45) is 5.68. The van der Waals surface area contributed by atoms with Gasteiger partial charge in [-0.2, -0.15) is 0 Å². The highest BCUT2D eigenvalue weighted by atomic mass is 16.5. The minimum absolute atomic E-state index is 0.0627. The standard InChI is InChI=1S/C25H33N5O2/c1-25(2,3)29-23-22(16-5-11-20(32-4)12-6-16)28-21-15-17(13-14-30(21)23)24(31)27-19-9-7-18(26)8-10-19/h5-6,11-15,18-19,29H,7-10,26H2,1-4H3,(H,27,31). The van der Waals surface area contributed by atoms with Crippen LogP contribution in [0.2, 0.25) is 0 Å². The van der Waals surface area contributed by atoms with Crippen molar-refractivity contribution in [1.29, 1.82) is 0 Å². The lowest BCUT2D eigenvalue weighted by Crippen LogP contribution is -2.40. The van der Waals surface area contributed by atoms with Crippen molar-refractivity contribution in [2.75, 3.05) is 12.4 Å². The molecule has 3 aromatic rings. The first-order chi connectivity index (χ1) is 15.2. The second-order valence-corrected chi connectivity index (χ2v) is 9.64. The molecule has 0 spiro atoms. The third-order valence-corrected chi connectivity index (χ3v) is 5.85. The van der Waals surface area contributed by atoms with Crippen molar-refractivity contribution >= 4 is 17.4 Å². The molecule has 0 saturated heterocycles. The summed E-state index contributed by atoms with van der Waals surface area (Å²) in [5.41, 5.74) is 8.98. The Labute approximate surface area is 189 Å². The SMILES string of the molecule is COc1ccc(-c2nc3cc(C(=O)NC4CCC(N)CC4)ccn3c2NC(C)(C)C)cc1. The van der Waals surface area contributed by atoms with Gasteiger partial charge in [0.2, 0.25) is 0 Å². The quantitative estimate of drug-likeness (QED) is 0.558. The minimum Gasteiger partial charge on any atom is -0.497 e. The lowest BCUT2D eigenvalue weighted by atomic mass is 9.91. The normalized spacial score (nSPS) is 19.0. The van der Waals surface area contributed by atoms with Gasteiger partial charge in [0, 0.05) is 34.9 Å². The number of carbonyl (C=O) groups is 1. The van der Waals surface area contributed by atoms with E-state index in [0.717, 1.165) is 54.2 Å². The third-order valence-electron chi connectivity index (χ3n) is 5.85. The van der Waals surface area contributed by atoms with E-state index in [1.54, 1.807) is 7.11 Å². The van der Waals surface area contributed by atoms with Crippen molar-refractivity contribution in [3.63, 3.8) is 0 Å². The van der Waals surface area contributed by atoms with Crippen molar-refractivity contribution in [2.24, 2.45) is 5.73 Å². The molecule has 0 bridgehead atoms. The van der Waals surface area contributed by atoms with Crippen LogP contribution < -0.4 is 21.1 Å². The van der Waals surface area contributed by atoms with Gasteiger partial charge in [-0.1, -0.05) is 0 Å². The van der Waals surface area contributed by atoms with E-state index in [1.807, 2.05) is 47.0 Å². The van der Waals surface area contributed by atoms with E-state index in [9.17, 15) is 4.79 Å². The van der Waals surface area contributed by atoms with E-state index in [-0.39, 0.29) is 23.5 Å². The molecular weight excluding hydrogens is 402 g/mol. The van der Waals surface area contributed by atoms with Gasteiger partial charge in [0.05, 0.1) is 7.11 Å². The molecule has 2 aromatic heterocycles. The van der Waals surface area contributed by atoms with Crippen molar-refractivity contribution < 1.29 is 9.53 Å². The second-order valence-electron chi connectivity index (χ2n) is 9.64. The van der Waals surface area contributed by atoms with E-state index >= 15 is 0 Å². The van der Waals surface area contributed by atoms with Crippen LogP contribution >= 0.6 is 0 Å². The van der Waals surface area contributed by atoms with Gasteiger partial charge in [-0.25, -0.2) is 4.98 Å².